The quantitative estimate of drug-likeness (QED) is 0.836. The van der Waals surface area contributed by atoms with Crippen LogP contribution in [0.3, 0.4) is 0 Å². The standard InChI is InChI=1S/C16H18N2O3/c19-15-12-6-7-13(21-12)16(20)18(15)9-11-4-1-3-10-5-2-8-17-14(10)11/h1,3-4,12-13,17H,2,5-9H2. The molecule has 1 aromatic rings. The molecule has 0 aromatic heterocycles. The Balaban J connectivity index is 1.64. The predicted molar refractivity (Wildman–Crippen MR) is 76.7 cm³/mol. The zero-order valence-corrected chi connectivity index (χ0v) is 11.8. The molecule has 3 aliphatic rings. The first-order chi connectivity index (χ1) is 10.2. The highest BCUT2D eigenvalue weighted by molar-refractivity contribution is 6.02. The summed E-state index contributed by atoms with van der Waals surface area (Å²) in [5, 5.41) is 3.41. The predicted octanol–water partition coefficient (Wildman–Crippen LogP) is 1.46. The van der Waals surface area contributed by atoms with Crippen molar-refractivity contribution in [3.8, 4) is 0 Å². The normalized spacial score (nSPS) is 27.5. The summed E-state index contributed by atoms with van der Waals surface area (Å²) in [6, 6.07) is 6.11. The molecule has 2 amide bonds. The zero-order valence-electron chi connectivity index (χ0n) is 11.8. The van der Waals surface area contributed by atoms with E-state index in [1.807, 2.05) is 12.1 Å². The molecule has 2 saturated heterocycles. The molecule has 0 aliphatic carbocycles. The van der Waals surface area contributed by atoms with E-state index in [-0.39, 0.29) is 11.8 Å². The summed E-state index contributed by atoms with van der Waals surface area (Å²) >= 11 is 0. The number of para-hydroxylation sites is 1. The van der Waals surface area contributed by atoms with E-state index in [2.05, 4.69) is 11.4 Å². The molecule has 21 heavy (non-hydrogen) atoms. The number of likely N-dealkylation sites (tertiary alicyclic amines) is 1. The van der Waals surface area contributed by atoms with Crippen LogP contribution in [-0.4, -0.2) is 35.5 Å². The number of carbonyl (C=O) groups excluding carboxylic acids is 2. The highest BCUT2D eigenvalue weighted by Crippen LogP contribution is 2.32. The first kappa shape index (κ1) is 12.8. The summed E-state index contributed by atoms with van der Waals surface area (Å²) in [5.74, 6) is -0.357. The largest absolute Gasteiger partial charge is 0.385 e. The fraction of sp³-hybridized carbons (Fsp3) is 0.500. The van der Waals surface area contributed by atoms with E-state index in [9.17, 15) is 9.59 Å². The van der Waals surface area contributed by atoms with Gasteiger partial charge in [0.2, 0.25) is 0 Å². The summed E-state index contributed by atoms with van der Waals surface area (Å²) in [6.07, 6.45) is 2.66. The summed E-state index contributed by atoms with van der Waals surface area (Å²) in [5.41, 5.74) is 3.40. The fourth-order valence-electron chi connectivity index (χ4n) is 3.50. The Bertz CT molecular complexity index is 592. The molecule has 4 rings (SSSR count). The van der Waals surface area contributed by atoms with Crippen LogP contribution in [0.5, 0.6) is 0 Å². The lowest BCUT2D eigenvalue weighted by atomic mass is 9.99. The molecule has 1 N–H and O–H groups in total. The molecule has 5 nitrogen and oxygen atoms in total. The number of morpholine rings is 1. The number of anilines is 1. The Morgan fingerprint density at radius 3 is 2.71 bits per heavy atom. The molecule has 2 unspecified atom stereocenters. The smallest absolute Gasteiger partial charge is 0.258 e. The van der Waals surface area contributed by atoms with Gasteiger partial charge in [-0.3, -0.25) is 14.5 Å². The van der Waals surface area contributed by atoms with E-state index in [1.165, 1.54) is 10.5 Å². The van der Waals surface area contributed by atoms with Crippen LogP contribution in [0.4, 0.5) is 5.69 Å². The van der Waals surface area contributed by atoms with Crippen LogP contribution < -0.4 is 5.32 Å². The van der Waals surface area contributed by atoms with Crippen LogP contribution in [0.2, 0.25) is 0 Å². The van der Waals surface area contributed by atoms with Gasteiger partial charge in [-0.2, -0.15) is 0 Å². The lowest BCUT2D eigenvalue weighted by Gasteiger charge is -2.31. The average molecular weight is 286 g/mol. The van der Waals surface area contributed by atoms with Gasteiger partial charge < -0.3 is 10.1 Å². The monoisotopic (exact) mass is 286 g/mol. The number of nitrogens with zero attached hydrogens (tertiary/aromatic N) is 1. The molecule has 0 spiro atoms. The number of imide groups is 1. The molecule has 2 fully saturated rings. The van der Waals surface area contributed by atoms with Crippen LogP contribution in [0.1, 0.15) is 30.4 Å². The maximum Gasteiger partial charge on any atom is 0.258 e. The van der Waals surface area contributed by atoms with Crippen molar-refractivity contribution in [3.63, 3.8) is 0 Å². The van der Waals surface area contributed by atoms with Gasteiger partial charge in [-0.05, 0) is 36.8 Å². The van der Waals surface area contributed by atoms with E-state index in [1.54, 1.807) is 0 Å². The molecule has 110 valence electrons. The van der Waals surface area contributed by atoms with Gasteiger partial charge in [0, 0.05) is 12.2 Å². The van der Waals surface area contributed by atoms with E-state index in [0.717, 1.165) is 30.6 Å². The first-order valence-electron chi connectivity index (χ1n) is 7.59. The van der Waals surface area contributed by atoms with Crippen molar-refractivity contribution in [2.75, 3.05) is 11.9 Å². The van der Waals surface area contributed by atoms with Crippen molar-refractivity contribution in [1.29, 1.82) is 0 Å². The Morgan fingerprint density at radius 1 is 1.19 bits per heavy atom. The molecular formula is C16H18N2O3. The third-order valence-electron chi connectivity index (χ3n) is 4.59. The minimum absolute atomic E-state index is 0.179. The lowest BCUT2D eigenvalue weighted by molar-refractivity contribution is -0.169. The number of amides is 2. The van der Waals surface area contributed by atoms with E-state index in [0.29, 0.717) is 19.4 Å². The third-order valence-corrected chi connectivity index (χ3v) is 4.59. The summed E-state index contributed by atoms with van der Waals surface area (Å²) in [4.78, 5) is 26.0. The van der Waals surface area contributed by atoms with Gasteiger partial charge in [-0.15, -0.1) is 0 Å². The molecule has 0 radical (unpaired) electrons. The van der Waals surface area contributed by atoms with Gasteiger partial charge in [-0.25, -0.2) is 0 Å². The Morgan fingerprint density at radius 2 is 1.95 bits per heavy atom. The Labute approximate surface area is 123 Å². The SMILES string of the molecule is O=C1C2CCC(O2)C(=O)N1Cc1cccc2c1NCCC2. The summed E-state index contributed by atoms with van der Waals surface area (Å²) in [6.45, 7) is 1.30. The molecule has 2 bridgehead atoms. The van der Waals surface area contributed by atoms with Crippen molar-refractivity contribution in [3.05, 3.63) is 29.3 Å². The molecule has 0 saturated carbocycles. The van der Waals surface area contributed by atoms with Gasteiger partial charge in [0.15, 0.2) is 0 Å². The maximum absolute atomic E-state index is 12.3. The van der Waals surface area contributed by atoms with Crippen LogP contribution in [0.25, 0.3) is 0 Å². The first-order valence-corrected chi connectivity index (χ1v) is 7.59. The number of hydrogen-bond acceptors (Lipinski definition) is 4. The van der Waals surface area contributed by atoms with Crippen molar-refractivity contribution >= 4 is 17.5 Å². The van der Waals surface area contributed by atoms with Crippen molar-refractivity contribution in [2.45, 2.75) is 44.4 Å². The lowest BCUT2D eigenvalue weighted by Crippen LogP contribution is -2.51. The van der Waals surface area contributed by atoms with E-state index in [4.69, 9.17) is 4.74 Å². The minimum atomic E-state index is -0.416. The van der Waals surface area contributed by atoms with Gasteiger partial charge >= 0.3 is 0 Å². The number of benzene rings is 1. The second-order valence-corrected chi connectivity index (χ2v) is 5.93. The van der Waals surface area contributed by atoms with Crippen molar-refractivity contribution < 1.29 is 14.3 Å². The topological polar surface area (TPSA) is 58.6 Å². The number of nitrogens with one attached hydrogen (secondary N) is 1. The Kier molecular flexibility index (Phi) is 2.96. The van der Waals surface area contributed by atoms with Gasteiger partial charge in [0.1, 0.15) is 12.2 Å². The number of hydrogen-bond donors (Lipinski definition) is 1. The van der Waals surface area contributed by atoms with Gasteiger partial charge in [-0.1, -0.05) is 18.2 Å². The number of ether oxygens (including phenoxy) is 1. The highest BCUT2D eigenvalue weighted by atomic mass is 16.5. The summed E-state index contributed by atoms with van der Waals surface area (Å²) < 4.78 is 5.45. The minimum Gasteiger partial charge on any atom is -0.385 e. The maximum atomic E-state index is 12.3. The molecule has 3 heterocycles. The van der Waals surface area contributed by atoms with Gasteiger partial charge in [0.25, 0.3) is 11.8 Å². The van der Waals surface area contributed by atoms with Crippen molar-refractivity contribution in [1.82, 2.24) is 4.90 Å². The second-order valence-electron chi connectivity index (χ2n) is 5.93. The van der Waals surface area contributed by atoms with E-state index >= 15 is 0 Å². The van der Waals surface area contributed by atoms with Crippen LogP contribution >= 0.6 is 0 Å². The molecule has 5 heteroatoms. The molecule has 2 atom stereocenters. The molecule has 3 aliphatic heterocycles. The highest BCUT2D eigenvalue weighted by Gasteiger charge is 2.46. The van der Waals surface area contributed by atoms with Crippen molar-refractivity contribution in [2.24, 2.45) is 0 Å². The van der Waals surface area contributed by atoms with Crippen LogP contribution in [0, 0.1) is 0 Å². The van der Waals surface area contributed by atoms with Gasteiger partial charge in [0.05, 0.1) is 6.54 Å². The number of fused-ring (bicyclic) bond motifs is 3. The number of rotatable bonds is 2. The number of aryl methyl sites for hydroxylation is 1. The fourth-order valence-corrected chi connectivity index (χ4v) is 3.50. The Hall–Kier alpha value is -1.88. The number of carbonyl (C=O) groups is 2. The second kappa shape index (κ2) is 4.84. The summed E-state index contributed by atoms with van der Waals surface area (Å²) in [7, 11) is 0. The van der Waals surface area contributed by atoms with E-state index < -0.39 is 12.2 Å². The average Bonchev–Trinajstić information content (AvgIpc) is 2.97. The molecular weight excluding hydrogens is 268 g/mol. The molecule has 1 aromatic carbocycles. The zero-order chi connectivity index (χ0) is 14.4. The third kappa shape index (κ3) is 2.03. The van der Waals surface area contributed by atoms with Crippen LogP contribution in [0.15, 0.2) is 18.2 Å². The van der Waals surface area contributed by atoms with Crippen LogP contribution in [-0.2, 0) is 27.3 Å².